The van der Waals surface area contributed by atoms with Gasteiger partial charge >= 0.3 is 0 Å². The first kappa shape index (κ1) is 18.0. The van der Waals surface area contributed by atoms with Gasteiger partial charge in [0.05, 0.1) is 0 Å². The van der Waals surface area contributed by atoms with Crippen LogP contribution in [0.25, 0.3) is 0 Å². The van der Waals surface area contributed by atoms with Crippen molar-refractivity contribution in [2.45, 2.75) is 26.8 Å². The van der Waals surface area contributed by atoms with Gasteiger partial charge in [-0.25, -0.2) is 0 Å². The van der Waals surface area contributed by atoms with Gasteiger partial charge in [-0.15, -0.1) is 0 Å². The van der Waals surface area contributed by atoms with E-state index in [1.165, 1.54) is 11.3 Å². The SMILES string of the molecule is CNC(=O)CCN(C)c1ccc(Br)cc1CNCC(C)C. The fraction of sp³-hybridized carbons (Fsp3) is 0.562. The number of nitrogens with one attached hydrogen (secondary N) is 2. The van der Waals surface area contributed by atoms with E-state index in [0.717, 1.165) is 17.6 Å². The molecule has 1 aromatic carbocycles. The predicted molar refractivity (Wildman–Crippen MR) is 92.6 cm³/mol. The molecule has 0 unspecified atom stereocenters. The molecule has 0 spiro atoms. The summed E-state index contributed by atoms with van der Waals surface area (Å²) < 4.78 is 1.08. The Morgan fingerprint density at radius 1 is 1.38 bits per heavy atom. The predicted octanol–water partition coefficient (Wildman–Crippen LogP) is 2.77. The molecule has 21 heavy (non-hydrogen) atoms. The Kier molecular flexibility index (Phi) is 7.75. The van der Waals surface area contributed by atoms with Gasteiger partial charge in [-0.3, -0.25) is 4.79 Å². The summed E-state index contributed by atoms with van der Waals surface area (Å²) >= 11 is 3.53. The number of amides is 1. The Balaban J connectivity index is 2.72. The van der Waals surface area contributed by atoms with Crippen LogP contribution in [-0.4, -0.2) is 33.1 Å². The lowest BCUT2D eigenvalue weighted by Gasteiger charge is -2.23. The van der Waals surface area contributed by atoms with E-state index in [0.29, 0.717) is 18.9 Å². The van der Waals surface area contributed by atoms with E-state index in [2.05, 4.69) is 57.4 Å². The van der Waals surface area contributed by atoms with Gasteiger partial charge in [-0.2, -0.15) is 0 Å². The number of benzene rings is 1. The Labute approximate surface area is 136 Å². The lowest BCUT2D eigenvalue weighted by molar-refractivity contribution is -0.120. The third-order valence-corrected chi connectivity index (χ3v) is 3.77. The van der Waals surface area contributed by atoms with Crippen LogP contribution in [0.5, 0.6) is 0 Å². The molecule has 1 rings (SSSR count). The molecule has 1 aromatic rings. The molecule has 0 fully saturated rings. The molecule has 0 aliphatic rings. The zero-order valence-corrected chi connectivity index (χ0v) is 15.0. The number of halogens is 1. The van der Waals surface area contributed by atoms with Crippen LogP contribution in [0.15, 0.2) is 22.7 Å². The normalized spacial score (nSPS) is 10.8. The van der Waals surface area contributed by atoms with Gasteiger partial charge in [0.2, 0.25) is 5.91 Å². The summed E-state index contributed by atoms with van der Waals surface area (Å²) in [5, 5.41) is 6.13. The second kappa shape index (κ2) is 9.05. The minimum atomic E-state index is 0.0680. The van der Waals surface area contributed by atoms with E-state index in [1.807, 2.05) is 13.1 Å². The van der Waals surface area contributed by atoms with Gasteiger partial charge in [-0.1, -0.05) is 29.8 Å². The summed E-state index contributed by atoms with van der Waals surface area (Å²) in [6.07, 6.45) is 0.502. The number of rotatable bonds is 8. The summed E-state index contributed by atoms with van der Waals surface area (Å²) in [5.41, 5.74) is 2.41. The molecule has 2 N–H and O–H groups in total. The smallest absolute Gasteiger partial charge is 0.221 e. The molecule has 5 heteroatoms. The zero-order chi connectivity index (χ0) is 15.8. The average molecular weight is 356 g/mol. The van der Waals surface area contributed by atoms with E-state index in [9.17, 15) is 4.79 Å². The summed E-state index contributed by atoms with van der Waals surface area (Å²) in [5.74, 6) is 0.699. The number of carbonyl (C=O) groups excluding carboxylic acids is 1. The highest BCUT2D eigenvalue weighted by atomic mass is 79.9. The second-order valence-corrected chi connectivity index (χ2v) is 6.56. The third kappa shape index (κ3) is 6.48. The molecule has 0 aromatic heterocycles. The van der Waals surface area contributed by atoms with Crippen LogP contribution in [0.4, 0.5) is 5.69 Å². The highest BCUT2D eigenvalue weighted by Gasteiger charge is 2.10. The quantitative estimate of drug-likeness (QED) is 0.753. The first-order valence-corrected chi connectivity index (χ1v) is 8.14. The first-order chi connectivity index (χ1) is 9.93. The topological polar surface area (TPSA) is 44.4 Å². The van der Waals surface area contributed by atoms with Gasteiger partial charge in [0.15, 0.2) is 0 Å². The van der Waals surface area contributed by atoms with E-state index in [1.54, 1.807) is 7.05 Å². The van der Waals surface area contributed by atoms with Gasteiger partial charge in [0.25, 0.3) is 0 Å². The van der Waals surface area contributed by atoms with Crippen molar-refractivity contribution in [3.63, 3.8) is 0 Å². The van der Waals surface area contributed by atoms with Gasteiger partial charge in [0.1, 0.15) is 0 Å². The molecule has 0 heterocycles. The van der Waals surface area contributed by atoms with Crippen LogP contribution < -0.4 is 15.5 Å². The van der Waals surface area contributed by atoms with Crippen LogP contribution in [-0.2, 0) is 11.3 Å². The third-order valence-electron chi connectivity index (χ3n) is 3.27. The maximum atomic E-state index is 11.4. The number of hydrogen-bond donors (Lipinski definition) is 2. The van der Waals surface area contributed by atoms with Crippen LogP contribution in [0.2, 0.25) is 0 Å². The standard InChI is InChI=1S/C16H26BrN3O/c1-12(2)10-19-11-13-9-14(17)5-6-15(13)20(4)8-7-16(21)18-3/h5-6,9,12,19H,7-8,10-11H2,1-4H3,(H,18,21). The van der Waals surface area contributed by atoms with Crippen molar-refractivity contribution < 1.29 is 4.79 Å². The van der Waals surface area contributed by atoms with E-state index in [4.69, 9.17) is 0 Å². The van der Waals surface area contributed by atoms with Crippen molar-refractivity contribution in [3.8, 4) is 0 Å². The highest BCUT2D eigenvalue weighted by Crippen LogP contribution is 2.24. The Morgan fingerprint density at radius 3 is 2.71 bits per heavy atom. The Hall–Kier alpha value is -1.07. The molecule has 0 aliphatic carbocycles. The molecular formula is C16H26BrN3O. The molecule has 0 bridgehead atoms. The van der Waals surface area contributed by atoms with Crippen molar-refractivity contribution >= 4 is 27.5 Å². The minimum absolute atomic E-state index is 0.0680. The van der Waals surface area contributed by atoms with Gasteiger partial charge < -0.3 is 15.5 Å². The van der Waals surface area contributed by atoms with Crippen molar-refractivity contribution in [2.75, 3.05) is 32.1 Å². The summed E-state index contributed by atoms with van der Waals surface area (Å²) in [6.45, 7) is 6.93. The molecule has 0 aliphatic heterocycles. The zero-order valence-electron chi connectivity index (χ0n) is 13.4. The molecule has 0 atom stereocenters. The van der Waals surface area contributed by atoms with Gasteiger partial charge in [0, 0.05) is 43.8 Å². The monoisotopic (exact) mass is 355 g/mol. The van der Waals surface area contributed by atoms with E-state index >= 15 is 0 Å². The van der Waals surface area contributed by atoms with Crippen molar-refractivity contribution in [1.29, 1.82) is 0 Å². The summed E-state index contributed by atoms with van der Waals surface area (Å²) in [7, 11) is 3.70. The second-order valence-electron chi connectivity index (χ2n) is 5.64. The highest BCUT2D eigenvalue weighted by molar-refractivity contribution is 9.10. The number of nitrogens with zero attached hydrogens (tertiary/aromatic N) is 1. The van der Waals surface area contributed by atoms with Crippen molar-refractivity contribution in [3.05, 3.63) is 28.2 Å². The first-order valence-electron chi connectivity index (χ1n) is 7.35. The Morgan fingerprint density at radius 2 is 2.10 bits per heavy atom. The van der Waals surface area contributed by atoms with E-state index in [-0.39, 0.29) is 5.91 Å². The van der Waals surface area contributed by atoms with E-state index < -0.39 is 0 Å². The molecule has 1 amide bonds. The van der Waals surface area contributed by atoms with Crippen LogP contribution in [0.3, 0.4) is 0 Å². The van der Waals surface area contributed by atoms with Crippen molar-refractivity contribution in [1.82, 2.24) is 10.6 Å². The largest absolute Gasteiger partial charge is 0.374 e. The van der Waals surface area contributed by atoms with Crippen LogP contribution in [0.1, 0.15) is 25.8 Å². The molecule has 0 saturated carbocycles. The average Bonchev–Trinajstić information content (AvgIpc) is 2.44. The maximum Gasteiger partial charge on any atom is 0.221 e. The number of anilines is 1. The molecule has 118 valence electrons. The molecule has 0 radical (unpaired) electrons. The number of hydrogen-bond acceptors (Lipinski definition) is 3. The summed E-state index contributed by atoms with van der Waals surface area (Å²) in [4.78, 5) is 13.5. The molecule has 0 saturated heterocycles. The fourth-order valence-corrected chi connectivity index (χ4v) is 2.49. The van der Waals surface area contributed by atoms with Gasteiger partial charge in [-0.05, 0) is 36.2 Å². The fourth-order valence-electron chi connectivity index (χ4n) is 2.08. The summed E-state index contributed by atoms with van der Waals surface area (Å²) in [6, 6.07) is 6.27. The lowest BCUT2D eigenvalue weighted by atomic mass is 10.1. The number of carbonyl (C=O) groups is 1. The maximum absolute atomic E-state index is 11.4. The van der Waals surface area contributed by atoms with Crippen molar-refractivity contribution in [2.24, 2.45) is 5.92 Å². The lowest BCUT2D eigenvalue weighted by Crippen LogP contribution is -2.28. The van der Waals surface area contributed by atoms with Crippen LogP contribution >= 0.6 is 15.9 Å². The molecular weight excluding hydrogens is 330 g/mol. The Bertz CT molecular complexity index is 463. The molecule has 4 nitrogen and oxygen atoms in total. The van der Waals surface area contributed by atoms with Crippen LogP contribution in [0, 0.1) is 5.92 Å². The minimum Gasteiger partial charge on any atom is -0.374 e.